The molecule has 0 aliphatic carbocycles. The van der Waals surface area contributed by atoms with Crippen molar-refractivity contribution in [2.75, 3.05) is 14.2 Å². The lowest BCUT2D eigenvalue weighted by atomic mass is 9.98. The molecule has 0 heterocycles. The number of ether oxygens (including phenoxy) is 1. The van der Waals surface area contributed by atoms with Crippen molar-refractivity contribution in [3.05, 3.63) is 53.8 Å². The minimum absolute atomic E-state index is 0.240. The number of rotatable bonds is 4. The summed E-state index contributed by atoms with van der Waals surface area (Å²) in [6.07, 6.45) is 0. The molecule has 0 aliphatic heterocycles. The van der Waals surface area contributed by atoms with Gasteiger partial charge in [0.2, 0.25) is 0 Å². The van der Waals surface area contributed by atoms with Crippen molar-refractivity contribution in [2.24, 2.45) is 0 Å². The number of methoxy groups -OCH3 is 1. The number of para-hydroxylation sites is 1. The highest BCUT2D eigenvalue weighted by atomic mass is 19.1. The van der Waals surface area contributed by atoms with Crippen molar-refractivity contribution in [3.63, 3.8) is 0 Å². The number of nitrogens with one attached hydrogen (secondary N) is 1. The van der Waals surface area contributed by atoms with E-state index in [4.69, 9.17) is 4.74 Å². The maximum Gasteiger partial charge on any atom is 0.126 e. The monoisotopic (exact) mass is 245 g/mol. The van der Waals surface area contributed by atoms with Crippen molar-refractivity contribution in [3.8, 4) is 16.9 Å². The summed E-state index contributed by atoms with van der Waals surface area (Å²) in [6.45, 7) is 0.688. The van der Waals surface area contributed by atoms with Crippen LogP contribution in [0.1, 0.15) is 5.56 Å². The fourth-order valence-corrected chi connectivity index (χ4v) is 2.01. The van der Waals surface area contributed by atoms with Gasteiger partial charge in [-0.05, 0) is 36.4 Å². The van der Waals surface area contributed by atoms with Crippen molar-refractivity contribution >= 4 is 0 Å². The fourth-order valence-electron chi connectivity index (χ4n) is 2.01. The second-order valence-corrected chi connectivity index (χ2v) is 4.03. The molecular weight excluding hydrogens is 229 g/mol. The van der Waals surface area contributed by atoms with Gasteiger partial charge in [0.05, 0.1) is 7.11 Å². The molecule has 0 saturated heterocycles. The number of hydrogen-bond acceptors (Lipinski definition) is 2. The Bertz CT molecular complexity index is 540. The minimum atomic E-state index is -0.240. The van der Waals surface area contributed by atoms with Gasteiger partial charge in [0.1, 0.15) is 11.6 Å². The van der Waals surface area contributed by atoms with Crippen LogP contribution in [-0.4, -0.2) is 14.2 Å². The predicted octanol–water partition coefficient (Wildman–Crippen LogP) is 3.22. The summed E-state index contributed by atoms with van der Waals surface area (Å²) in [5.41, 5.74) is 2.81. The molecule has 3 heteroatoms. The molecule has 0 fully saturated rings. The molecule has 0 aliphatic rings. The second-order valence-electron chi connectivity index (χ2n) is 4.03. The van der Waals surface area contributed by atoms with E-state index in [1.807, 2.05) is 31.3 Å². The lowest BCUT2D eigenvalue weighted by Gasteiger charge is -2.13. The standard InChI is InChI=1S/C15H16FNO/c1-17-10-11-7-8-12(16)9-14(11)13-5-3-4-6-15(13)18-2/h3-9,17H,10H2,1-2H3. The van der Waals surface area contributed by atoms with Crippen molar-refractivity contribution < 1.29 is 9.13 Å². The number of halogens is 1. The Hall–Kier alpha value is -1.87. The SMILES string of the molecule is CNCc1ccc(F)cc1-c1ccccc1OC. The van der Waals surface area contributed by atoms with Crippen LogP contribution in [0.5, 0.6) is 5.75 Å². The first kappa shape index (κ1) is 12.6. The average Bonchev–Trinajstić information content (AvgIpc) is 2.41. The summed E-state index contributed by atoms with van der Waals surface area (Å²) < 4.78 is 18.8. The highest BCUT2D eigenvalue weighted by Gasteiger charge is 2.10. The number of hydrogen-bond donors (Lipinski definition) is 1. The van der Waals surface area contributed by atoms with E-state index in [2.05, 4.69) is 5.32 Å². The van der Waals surface area contributed by atoms with Gasteiger partial charge in [-0.2, -0.15) is 0 Å². The molecule has 0 atom stereocenters. The van der Waals surface area contributed by atoms with Crippen LogP contribution < -0.4 is 10.1 Å². The van der Waals surface area contributed by atoms with Crippen LogP contribution in [0.25, 0.3) is 11.1 Å². The van der Waals surface area contributed by atoms with Crippen LogP contribution in [0.2, 0.25) is 0 Å². The molecule has 0 radical (unpaired) electrons. The molecule has 2 aromatic carbocycles. The van der Waals surface area contributed by atoms with E-state index in [0.29, 0.717) is 6.54 Å². The summed E-state index contributed by atoms with van der Waals surface area (Å²) in [4.78, 5) is 0. The third kappa shape index (κ3) is 2.51. The highest BCUT2D eigenvalue weighted by molar-refractivity contribution is 5.73. The molecule has 2 aromatic rings. The Morgan fingerprint density at radius 3 is 2.61 bits per heavy atom. The molecule has 0 aromatic heterocycles. The Labute approximate surface area is 106 Å². The number of benzene rings is 2. The summed E-state index contributed by atoms with van der Waals surface area (Å²) in [5, 5.41) is 3.09. The van der Waals surface area contributed by atoms with Gasteiger partial charge in [0.25, 0.3) is 0 Å². The molecule has 18 heavy (non-hydrogen) atoms. The zero-order valence-corrected chi connectivity index (χ0v) is 10.5. The third-order valence-corrected chi connectivity index (χ3v) is 2.84. The third-order valence-electron chi connectivity index (χ3n) is 2.84. The first-order chi connectivity index (χ1) is 8.76. The van der Waals surface area contributed by atoms with Gasteiger partial charge in [-0.25, -0.2) is 4.39 Å². The van der Waals surface area contributed by atoms with Crippen molar-refractivity contribution in [2.45, 2.75) is 6.54 Å². The average molecular weight is 245 g/mol. The molecule has 0 spiro atoms. The molecule has 0 unspecified atom stereocenters. The van der Waals surface area contributed by atoms with Crippen molar-refractivity contribution in [1.82, 2.24) is 5.32 Å². The Balaban J connectivity index is 2.57. The smallest absolute Gasteiger partial charge is 0.126 e. The van der Waals surface area contributed by atoms with Crippen LogP contribution in [0.15, 0.2) is 42.5 Å². The first-order valence-electron chi connectivity index (χ1n) is 5.82. The van der Waals surface area contributed by atoms with Gasteiger partial charge in [-0.15, -0.1) is 0 Å². The molecule has 94 valence electrons. The van der Waals surface area contributed by atoms with Gasteiger partial charge in [0.15, 0.2) is 0 Å². The summed E-state index contributed by atoms with van der Waals surface area (Å²) in [5.74, 6) is 0.510. The molecular formula is C15H16FNO. The normalized spacial score (nSPS) is 10.4. The van der Waals surface area contributed by atoms with E-state index in [1.165, 1.54) is 6.07 Å². The van der Waals surface area contributed by atoms with E-state index in [1.54, 1.807) is 19.2 Å². The topological polar surface area (TPSA) is 21.3 Å². The lowest BCUT2D eigenvalue weighted by Crippen LogP contribution is -2.06. The maximum atomic E-state index is 13.4. The molecule has 0 amide bonds. The molecule has 1 N–H and O–H groups in total. The zero-order chi connectivity index (χ0) is 13.0. The van der Waals surface area contributed by atoms with Crippen LogP contribution >= 0.6 is 0 Å². The van der Waals surface area contributed by atoms with Crippen LogP contribution in [-0.2, 0) is 6.54 Å². The Morgan fingerprint density at radius 1 is 1.11 bits per heavy atom. The summed E-state index contributed by atoms with van der Waals surface area (Å²) >= 11 is 0. The van der Waals surface area contributed by atoms with Crippen LogP contribution in [0.3, 0.4) is 0 Å². The van der Waals surface area contributed by atoms with Gasteiger partial charge < -0.3 is 10.1 Å². The van der Waals surface area contributed by atoms with Gasteiger partial charge in [-0.1, -0.05) is 24.3 Å². The highest BCUT2D eigenvalue weighted by Crippen LogP contribution is 2.32. The minimum Gasteiger partial charge on any atom is -0.496 e. The van der Waals surface area contributed by atoms with Crippen LogP contribution in [0, 0.1) is 5.82 Å². The Morgan fingerprint density at radius 2 is 1.89 bits per heavy atom. The van der Waals surface area contributed by atoms with E-state index >= 15 is 0 Å². The zero-order valence-electron chi connectivity index (χ0n) is 10.5. The quantitative estimate of drug-likeness (QED) is 0.893. The fraction of sp³-hybridized carbons (Fsp3) is 0.200. The van der Waals surface area contributed by atoms with Crippen LogP contribution in [0.4, 0.5) is 4.39 Å². The van der Waals surface area contributed by atoms with E-state index < -0.39 is 0 Å². The Kier molecular flexibility index (Phi) is 3.95. The summed E-state index contributed by atoms with van der Waals surface area (Å²) in [6, 6.07) is 12.5. The molecule has 2 rings (SSSR count). The maximum absolute atomic E-state index is 13.4. The van der Waals surface area contributed by atoms with E-state index in [0.717, 1.165) is 22.4 Å². The van der Waals surface area contributed by atoms with Crippen molar-refractivity contribution in [1.29, 1.82) is 0 Å². The van der Waals surface area contributed by atoms with E-state index in [-0.39, 0.29) is 5.82 Å². The van der Waals surface area contributed by atoms with Gasteiger partial charge in [0, 0.05) is 12.1 Å². The summed E-state index contributed by atoms with van der Waals surface area (Å²) in [7, 11) is 3.49. The molecule has 2 nitrogen and oxygen atoms in total. The second kappa shape index (κ2) is 5.65. The molecule has 0 bridgehead atoms. The lowest BCUT2D eigenvalue weighted by molar-refractivity contribution is 0.416. The molecule has 0 saturated carbocycles. The van der Waals surface area contributed by atoms with Gasteiger partial charge >= 0.3 is 0 Å². The predicted molar refractivity (Wildman–Crippen MR) is 71.2 cm³/mol. The first-order valence-corrected chi connectivity index (χ1v) is 5.82. The van der Waals surface area contributed by atoms with Gasteiger partial charge in [-0.3, -0.25) is 0 Å². The largest absolute Gasteiger partial charge is 0.496 e. The van der Waals surface area contributed by atoms with E-state index in [9.17, 15) is 4.39 Å².